The molecule has 25 heavy (non-hydrogen) atoms. The van der Waals surface area contributed by atoms with Crippen LogP contribution >= 0.6 is 43.2 Å². The summed E-state index contributed by atoms with van der Waals surface area (Å²) in [7, 11) is 0. The van der Waals surface area contributed by atoms with Gasteiger partial charge in [0.05, 0.1) is 14.3 Å². The molecular formula is C16H10Br2N2O4S. The minimum atomic E-state index is -1.07. The van der Waals surface area contributed by atoms with E-state index in [1.807, 2.05) is 0 Å². The number of hydrogen-bond acceptors (Lipinski definition) is 5. The number of carboxylic acids is 1. The number of phenols is 1. The van der Waals surface area contributed by atoms with E-state index in [0.717, 1.165) is 16.9 Å². The van der Waals surface area contributed by atoms with Crippen molar-refractivity contribution < 1.29 is 15.0 Å². The highest BCUT2D eigenvalue weighted by molar-refractivity contribution is 9.11. The number of phenolic OH excluding ortho intramolecular Hbond substituents is 1. The van der Waals surface area contributed by atoms with Crippen LogP contribution in [0.1, 0.15) is 26.6 Å². The Morgan fingerprint density at radius 3 is 2.52 bits per heavy atom. The molecule has 3 N–H and O–H groups in total. The van der Waals surface area contributed by atoms with E-state index in [1.54, 1.807) is 31.2 Å². The lowest BCUT2D eigenvalue weighted by atomic mass is 10.2. The van der Waals surface area contributed by atoms with Gasteiger partial charge in [0, 0.05) is 0 Å². The summed E-state index contributed by atoms with van der Waals surface area (Å²) >= 11 is 7.48. The third kappa shape index (κ3) is 3.39. The second-order valence-corrected chi connectivity index (χ2v) is 7.87. The molecule has 0 aliphatic carbocycles. The van der Waals surface area contributed by atoms with Gasteiger partial charge < -0.3 is 15.2 Å². The zero-order valence-electron chi connectivity index (χ0n) is 12.6. The van der Waals surface area contributed by atoms with Gasteiger partial charge in [-0.3, -0.25) is 4.79 Å². The number of H-pyrrole nitrogens is 1. The van der Waals surface area contributed by atoms with Crippen LogP contribution in [-0.2, 0) is 0 Å². The first kappa shape index (κ1) is 17.8. The minimum absolute atomic E-state index is 0.0976. The number of rotatable bonds is 3. The van der Waals surface area contributed by atoms with Gasteiger partial charge in [0.1, 0.15) is 21.3 Å². The quantitative estimate of drug-likeness (QED) is 0.510. The van der Waals surface area contributed by atoms with Crippen LogP contribution in [-0.4, -0.2) is 26.2 Å². The Balaban J connectivity index is 2.05. The molecule has 0 saturated heterocycles. The second-order valence-electron chi connectivity index (χ2n) is 5.16. The van der Waals surface area contributed by atoms with Crippen molar-refractivity contribution in [2.24, 2.45) is 0 Å². The van der Waals surface area contributed by atoms with E-state index < -0.39 is 5.97 Å². The number of carboxylic acid groups (broad SMARTS) is 1. The molecule has 0 unspecified atom stereocenters. The van der Waals surface area contributed by atoms with Crippen LogP contribution in [0.15, 0.2) is 25.9 Å². The molecule has 2 heterocycles. The maximum Gasteiger partial charge on any atom is 0.346 e. The number of fused-ring (bicyclic) bond motifs is 1. The molecule has 0 aliphatic heterocycles. The maximum atomic E-state index is 12.3. The molecule has 0 bridgehead atoms. The molecule has 3 aromatic rings. The highest BCUT2D eigenvalue weighted by Gasteiger charge is 2.18. The number of hydrogen-bond donors (Lipinski definition) is 3. The monoisotopic (exact) mass is 484 g/mol. The number of carbonyl (C=O) groups is 1. The third-order valence-corrected chi connectivity index (χ3v) is 5.87. The van der Waals surface area contributed by atoms with Crippen molar-refractivity contribution in [1.82, 2.24) is 9.97 Å². The number of benzene rings is 1. The van der Waals surface area contributed by atoms with Gasteiger partial charge in [-0.15, -0.1) is 11.3 Å². The van der Waals surface area contributed by atoms with E-state index >= 15 is 0 Å². The van der Waals surface area contributed by atoms with Crippen LogP contribution in [0.4, 0.5) is 0 Å². The molecular weight excluding hydrogens is 476 g/mol. The van der Waals surface area contributed by atoms with Crippen LogP contribution in [0.3, 0.4) is 0 Å². The van der Waals surface area contributed by atoms with Crippen molar-refractivity contribution >= 4 is 71.5 Å². The Bertz CT molecular complexity index is 1080. The number of halogens is 2. The minimum Gasteiger partial charge on any atom is -0.506 e. The molecule has 0 radical (unpaired) electrons. The molecule has 1 aromatic carbocycles. The van der Waals surface area contributed by atoms with Crippen molar-refractivity contribution in [2.75, 3.05) is 0 Å². The first-order chi connectivity index (χ1) is 11.8. The van der Waals surface area contributed by atoms with Crippen LogP contribution in [0.2, 0.25) is 0 Å². The Morgan fingerprint density at radius 1 is 1.28 bits per heavy atom. The molecule has 0 amide bonds. The zero-order valence-corrected chi connectivity index (χ0v) is 16.6. The Morgan fingerprint density at radius 2 is 1.92 bits per heavy atom. The summed E-state index contributed by atoms with van der Waals surface area (Å²) in [5.74, 6) is -0.660. The number of aromatic hydroxyl groups is 1. The average molecular weight is 486 g/mol. The summed E-state index contributed by atoms with van der Waals surface area (Å²) in [5.41, 5.74) is 0.815. The summed E-state index contributed by atoms with van der Waals surface area (Å²) in [6.07, 6.45) is 3.33. The molecule has 128 valence electrons. The number of aryl methyl sites for hydroxylation is 1. The van der Waals surface area contributed by atoms with E-state index in [-0.39, 0.29) is 16.2 Å². The molecule has 9 heteroatoms. The molecule has 0 saturated carbocycles. The first-order valence-electron chi connectivity index (χ1n) is 6.90. The van der Waals surface area contributed by atoms with Gasteiger partial charge in [0.15, 0.2) is 0 Å². The van der Waals surface area contributed by atoms with Crippen LogP contribution in [0.5, 0.6) is 5.75 Å². The summed E-state index contributed by atoms with van der Waals surface area (Å²) in [6.45, 7) is 1.60. The summed E-state index contributed by atoms with van der Waals surface area (Å²) in [4.78, 5) is 30.9. The average Bonchev–Trinajstić information content (AvgIpc) is 2.88. The van der Waals surface area contributed by atoms with Crippen molar-refractivity contribution in [2.45, 2.75) is 6.92 Å². The van der Waals surface area contributed by atoms with E-state index in [2.05, 4.69) is 41.8 Å². The van der Waals surface area contributed by atoms with Crippen LogP contribution in [0.25, 0.3) is 22.4 Å². The van der Waals surface area contributed by atoms with Crippen molar-refractivity contribution in [1.29, 1.82) is 0 Å². The smallest absolute Gasteiger partial charge is 0.346 e. The Kier molecular flexibility index (Phi) is 4.81. The highest BCUT2D eigenvalue weighted by Crippen LogP contribution is 2.34. The fourth-order valence-electron chi connectivity index (χ4n) is 2.30. The van der Waals surface area contributed by atoms with Crippen LogP contribution in [0, 0.1) is 6.92 Å². The summed E-state index contributed by atoms with van der Waals surface area (Å²) in [6, 6.07) is 3.43. The summed E-state index contributed by atoms with van der Waals surface area (Å²) in [5, 5.41) is 19.2. The second kappa shape index (κ2) is 6.74. The normalized spacial score (nSPS) is 11.5. The number of aromatic carboxylic acids is 1. The molecule has 0 atom stereocenters. The third-order valence-electron chi connectivity index (χ3n) is 3.49. The lowest BCUT2D eigenvalue weighted by Gasteiger charge is -2.02. The van der Waals surface area contributed by atoms with Gasteiger partial charge in [0.2, 0.25) is 0 Å². The fraction of sp³-hybridized carbons (Fsp3) is 0.0625. The largest absolute Gasteiger partial charge is 0.506 e. The standard InChI is InChI=1S/C16H10Br2N2O4S/c1-6-11-14(22)19-10(20-15(11)25-13(6)16(23)24)3-2-7-4-8(17)12(21)9(18)5-7/h2-5,21H,1H3,(H,23,24)(H,19,20,22)/b3-2+. The molecule has 6 nitrogen and oxygen atoms in total. The van der Waals surface area contributed by atoms with E-state index in [1.165, 1.54) is 0 Å². The van der Waals surface area contributed by atoms with E-state index in [4.69, 9.17) is 0 Å². The number of nitrogens with one attached hydrogen (secondary N) is 1. The number of aromatic nitrogens is 2. The molecule has 0 aliphatic rings. The molecule has 0 fully saturated rings. The van der Waals surface area contributed by atoms with Gasteiger partial charge in [-0.1, -0.05) is 6.08 Å². The van der Waals surface area contributed by atoms with Gasteiger partial charge >= 0.3 is 5.97 Å². The molecule has 0 spiro atoms. The van der Waals surface area contributed by atoms with Gasteiger partial charge in [0.25, 0.3) is 5.56 Å². The zero-order chi connectivity index (χ0) is 18.3. The SMILES string of the molecule is Cc1c(C(=O)O)sc2nc(/C=C/c3cc(Br)c(O)c(Br)c3)[nH]c(=O)c12. The highest BCUT2D eigenvalue weighted by atomic mass is 79.9. The number of thiophene rings is 1. The number of aromatic amines is 1. The summed E-state index contributed by atoms with van der Waals surface area (Å²) < 4.78 is 1.05. The van der Waals surface area contributed by atoms with Crippen molar-refractivity contribution in [3.63, 3.8) is 0 Å². The van der Waals surface area contributed by atoms with Crippen LogP contribution < -0.4 is 5.56 Å². The van der Waals surface area contributed by atoms with Gasteiger partial charge in [-0.2, -0.15) is 0 Å². The lowest BCUT2D eigenvalue weighted by Crippen LogP contribution is -2.09. The molecule has 2 aromatic heterocycles. The Hall–Kier alpha value is -1.97. The Labute approximate surface area is 162 Å². The van der Waals surface area contributed by atoms with Gasteiger partial charge in [-0.05, 0) is 68.1 Å². The van der Waals surface area contributed by atoms with Crippen molar-refractivity contribution in [3.05, 3.63) is 53.3 Å². The predicted molar refractivity (Wildman–Crippen MR) is 104 cm³/mol. The topological polar surface area (TPSA) is 103 Å². The van der Waals surface area contributed by atoms with E-state index in [0.29, 0.717) is 30.5 Å². The number of nitrogens with zero attached hydrogens (tertiary/aromatic N) is 1. The van der Waals surface area contributed by atoms with E-state index in [9.17, 15) is 19.8 Å². The fourth-order valence-corrected chi connectivity index (χ4v) is 4.55. The van der Waals surface area contributed by atoms with Gasteiger partial charge in [-0.25, -0.2) is 9.78 Å². The first-order valence-corrected chi connectivity index (χ1v) is 9.31. The predicted octanol–water partition coefficient (Wildman–Crippen LogP) is 4.39. The maximum absolute atomic E-state index is 12.3. The van der Waals surface area contributed by atoms with Crippen molar-refractivity contribution in [3.8, 4) is 5.75 Å². The molecule has 3 rings (SSSR count). The lowest BCUT2D eigenvalue weighted by molar-refractivity contribution is 0.0701.